The molecular weight excluding hydrogens is 593 g/mol. The SMILES string of the molecule is C.Cc1ccc(C(C)C)c(O)c1-c1ccnc(F)c1.Cc1ccc(C(C)C)c(O)c1Br.OB(O)c1ccnc(F)c1. The maximum Gasteiger partial charge on any atom is 0.488 e. The predicted molar refractivity (Wildman–Crippen MR) is 166 cm³/mol. The molecule has 0 fully saturated rings. The smallest absolute Gasteiger partial charge is 0.488 e. The van der Waals surface area contributed by atoms with Gasteiger partial charge in [-0.2, -0.15) is 8.78 Å². The number of phenolic OH excluding ortho intramolecular Hbond substituents is 2. The summed E-state index contributed by atoms with van der Waals surface area (Å²) in [7, 11) is -1.63. The zero-order valence-electron chi connectivity index (χ0n) is 23.3. The molecule has 0 aliphatic carbocycles. The number of halogens is 3. The van der Waals surface area contributed by atoms with Crippen molar-refractivity contribution < 1.29 is 29.0 Å². The lowest BCUT2D eigenvalue weighted by Crippen LogP contribution is -2.30. The Hall–Kier alpha value is -3.34. The topological polar surface area (TPSA) is 107 Å². The lowest BCUT2D eigenvalue weighted by atomic mass is 9.81. The molecule has 4 rings (SSSR count). The normalized spacial score (nSPS) is 10.3. The summed E-state index contributed by atoms with van der Waals surface area (Å²) < 4.78 is 26.2. The van der Waals surface area contributed by atoms with Gasteiger partial charge in [0.05, 0.1) is 4.47 Å². The molecule has 0 amide bonds. The predicted octanol–water partition coefficient (Wildman–Crippen LogP) is 7.15. The van der Waals surface area contributed by atoms with Crippen LogP contribution in [-0.4, -0.2) is 37.3 Å². The van der Waals surface area contributed by atoms with Gasteiger partial charge >= 0.3 is 7.12 Å². The monoisotopic (exact) mass is 630 g/mol. The second kappa shape index (κ2) is 16.2. The number of hydrogen-bond donors (Lipinski definition) is 4. The number of nitrogens with zero attached hydrogens (tertiary/aromatic N) is 2. The fourth-order valence-electron chi connectivity index (χ4n) is 3.82. The maximum absolute atomic E-state index is 13.2. The average molecular weight is 631 g/mol. The zero-order chi connectivity index (χ0) is 30.1. The Morgan fingerprint density at radius 2 is 1.22 bits per heavy atom. The van der Waals surface area contributed by atoms with Crippen molar-refractivity contribution in [2.75, 3.05) is 0 Å². The van der Waals surface area contributed by atoms with Crippen LogP contribution in [0, 0.1) is 25.7 Å². The highest BCUT2D eigenvalue weighted by atomic mass is 79.9. The van der Waals surface area contributed by atoms with Gasteiger partial charge in [0, 0.05) is 24.0 Å². The van der Waals surface area contributed by atoms with Crippen molar-refractivity contribution in [2.45, 2.75) is 60.8 Å². The summed E-state index contributed by atoms with van der Waals surface area (Å²) in [4.78, 5) is 6.77. The Bertz CT molecular complexity index is 1440. The third kappa shape index (κ3) is 9.91. The Morgan fingerprint density at radius 1 is 0.732 bits per heavy atom. The number of rotatable bonds is 4. The van der Waals surface area contributed by atoms with Crippen molar-refractivity contribution in [3.05, 3.63) is 99.5 Å². The average Bonchev–Trinajstić information content (AvgIpc) is 2.88. The highest BCUT2D eigenvalue weighted by molar-refractivity contribution is 9.10. The van der Waals surface area contributed by atoms with E-state index < -0.39 is 19.0 Å². The summed E-state index contributed by atoms with van der Waals surface area (Å²) in [6, 6.07) is 13.2. The number of aromatic hydroxyl groups is 2. The Morgan fingerprint density at radius 3 is 1.68 bits per heavy atom. The van der Waals surface area contributed by atoms with Gasteiger partial charge in [0.1, 0.15) is 11.5 Å². The number of aromatic nitrogens is 2. The van der Waals surface area contributed by atoms with Crippen LogP contribution in [0.3, 0.4) is 0 Å². The highest BCUT2D eigenvalue weighted by Crippen LogP contribution is 2.38. The number of benzene rings is 2. The molecule has 0 radical (unpaired) electrons. The van der Waals surface area contributed by atoms with Gasteiger partial charge in [0.2, 0.25) is 11.9 Å². The fourth-order valence-corrected chi connectivity index (χ4v) is 4.18. The molecule has 0 bridgehead atoms. The summed E-state index contributed by atoms with van der Waals surface area (Å²) in [6.45, 7) is 12.0. The first-order valence-electron chi connectivity index (χ1n) is 12.6. The number of aryl methyl sites for hydroxylation is 2. The van der Waals surface area contributed by atoms with Gasteiger partial charge in [0.15, 0.2) is 0 Å². The molecule has 0 aliphatic rings. The molecule has 0 aliphatic heterocycles. The minimum atomic E-state index is -1.63. The Balaban J connectivity index is 0.000000320. The van der Waals surface area contributed by atoms with Gasteiger partial charge in [-0.3, -0.25) is 0 Å². The second-order valence-corrected chi connectivity index (χ2v) is 10.6. The van der Waals surface area contributed by atoms with Crippen LogP contribution >= 0.6 is 15.9 Å². The molecule has 10 heteroatoms. The third-order valence-electron chi connectivity index (χ3n) is 6.07. The van der Waals surface area contributed by atoms with Crippen LogP contribution in [-0.2, 0) is 0 Å². The summed E-state index contributed by atoms with van der Waals surface area (Å²) in [5.74, 6) is -0.0645. The molecule has 41 heavy (non-hydrogen) atoms. The minimum Gasteiger partial charge on any atom is -0.507 e. The fraction of sp³-hybridized carbons (Fsp3) is 0.290. The van der Waals surface area contributed by atoms with E-state index in [0.717, 1.165) is 32.8 Å². The van der Waals surface area contributed by atoms with Crippen molar-refractivity contribution in [3.63, 3.8) is 0 Å². The number of hydrogen-bond acceptors (Lipinski definition) is 6. The van der Waals surface area contributed by atoms with E-state index in [9.17, 15) is 19.0 Å². The molecule has 220 valence electrons. The van der Waals surface area contributed by atoms with Gasteiger partial charge in [-0.25, -0.2) is 9.97 Å². The molecule has 0 unspecified atom stereocenters. The van der Waals surface area contributed by atoms with Gasteiger partial charge < -0.3 is 20.3 Å². The molecule has 0 saturated heterocycles. The van der Waals surface area contributed by atoms with E-state index in [1.54, 1.807) is 6.07 Å². The van der Waals surface area contributed by atoms with Crippen LogP contribution in [0.2, 0.25) is 0 Å². The van der Waals surface area contributed by atoms with Crippen LogP contribution in [0.25, 0.3) is 11.1 Å². The van der Waals surface area contributed by atoms with E-state index in [2.05, 4.69) is 39.7 Å². The molecule has 2 heterocycles. The van der Waals surface area contributed by atoms with Gasteiger partial charge in [-0.15, -0.1) is 0 Å². The standard InChI is InChI=1S/C15H16FNO.C10H13BrO.C5H5BFNO2.CH4/c1-9(2)12-5-4-10(3)14(15(12)18)11-6-7-17-13(16)8-11;1-6(2)8-5-4-7(3)9(11)10(8)12;7-5-3-4(6(9)10)1-2-8-5;/h4-9,18H,1-3H3;4-6,12H,1-3H3;1-3,9-10H;1H4. The zero-order valence-corrected chi connectivity index (χ0v) is 24.9. The van der Waals surface area contributed by atoms with Crippen molar-refractivity contribution in [1.82, 2.24) is 9.97 Å². The van der Waals surface area contributed by atoms with E-state index >= 15 is 0 Å². The van der Waals surface area contributed by atoms with E-state index in [4.69, 9.17) is 10.0 Å². The Labute approximate surface area is 250 Å². The van der Waals surface area contributed by atoms with Gasteiger partial charge in [-0.1, -0.05) is 59.4 Å². The summed E-state index contributed by atoms with van der Waals surface area (Å²) in [6.07, 6.45) is 2.58. The second-order valence-electron chi connectivity index (χ2n) is 9.79. The maximum atomic E-state index is 13.2. The minimum absolute atomic E-state index is 0. The van der Waals surface area contributed by atoms with Crippen LogP contribution in [0.5, 0.6) is 11.5 Å². The number of phenols is 2. The van der Waals surface area contributed by atoms with Crippen LogP contribution in [0.4, 0.5) is 8.78 Å². The quantitative estimate of drug-likeness (QED) is 0.141. The molecule has 0 atom stereocenters. The molecule has 0 saturated carbocycles. The molecule has 6 nitrogen and oxygen atoms in total. The molecule has 2 aromatic heterocycles. The summed E-state index contributed by atoms with van der Waals surface area (Å²) >= 11 is 3.35. The molecule has 4 aromatic rings. The molecule has 0 spiro atoms. The van der Waals surface area contributed by atoms with Crippen molar-refractivity contribution in [3.8, 4) is 22.6 Å². The van der Waals surface area contributed by atoms with Crippen LogP contribution in [0.1, 0.15) is 69.2 Å². The van der Waals surface area contributed by atoms with E-state index in [-0.39, 0.29) is 24.6 Å². The first kappa shape index (κ1) is 35.7. The number of pyridine rings is 2. The van der Waals surface area contributed by atoms with E-state index in [0.29, 0.717) is 22.8 Å². The van der Waals surface area contributed by atoms with Crippen molar-refractivity contribution >= 4 is 28.5 Å². The summed E-state index contributed by atoms with van der Waals surface area (Å²) in [5, 5.41) is 37.1. The van der Waals surface area contributed by atoms with Crippen LogP contribution < -0.4 is 5.46 Å². The highest BCUT2D eigenvalue weighted by Gasteiger charge is 2.15. The largest absolute Gasteiger partial charge is 0.507 e. The van der Waals surface area contributed by atoms with E-state index in [1.807, 2.05) is 52.0 Å². The van der Waals surface area contributed by atoms with Gasteiger partial charge in [0.25, 0.3) is 0 Å². The molecular formula is C31H38BBrF2N2O4. The van der Waals surface area contributed by atoms with E-state index in [1.165, 1.54) is 24.5 Å². The van der Waals surface area contributed by atoms with Crippen LogP contribution in [0.15, 0.2) is 65.4 Å². The molecule has 2 aromatic carbocycles. The van der Waals surface area contributed by atoms with Crippen molar-refractivity contribution in [1.29, 1.82) is 0 Å². The third-order valence-corrected chi connectivity index (χ3v) is 7.07. The Kier molecular flexibility index (Phi) is 14.1. The van der Waals surface area contributed by atoms with Gasteiger partial charge in [-0.05, 0) is 93.1 Å². The molecule has 4 N–H and O–H groups in total. The first-order valence-corrected chi connectivity index (χ1v) is 13.4. The lowest BCUT2D eigenvalue weighted by molar-refractivity contribution is 0.425. The van der Waals surface area contributed by atoms with Crippen molar-refractivity contribution in [2.24, 2.45) is 0 Å². The summed E-state index contributed by atoms with van der Waals surface area (Å²) in [5.41, 5.74) is 5.29. The first-order chi connectivity index (χ1) is 18.7. The lowest BCUT2D eigenvalue weighted by Gasteiger charge is -2.15.